The summed E-state index contributed by atoms with van der Waals surface area (Å²) in [5.74, 6) is -1.55. The van der Waals surface area contributed by atoms with Crippen LogP contribution in [-0.2, 0) is 27.4 Å². The zero-order valence-corrected chi connectivity index (χ0v) is 17.3. The topological polar surface area (TPSA) is 54.4 Å². The zero-order valence-electron chi connectivity index (χ0n) is 15.7. The number of hydrogen-bond donors (Lipinski definition) is 1. The third kappa shape index (κ3) is 4.86. The Labute approximate surface area is 172 Å². The molecule has 1 N–H and O–H groups in total. The van der Waals surface area contributed by atoms with E-state index in [-0.39, 0.29) is 17.3 Å². The highest BCUT2D eigenvalue weighted by Crippen LogP contribution is 2.34. The molecule has 0 aliphatic carbocycles. The van der Waals surface area contributed by atoms with Crippen LogP contribution in [-0.4, -0.2) is 18.2 Å². The molecule has 0 aromatic heterocycles. The molecule has 0 radical (unpaired) electrons. The molecule has 0 aliphatic heterocycles. The van der Waals surface area contributed by atoms with E-state index in [9.17, 15) is 17.2 Å². The van der Waals surface area contributed by atoms with Gasteiger partial charge in [-0.05, 0) is 48.4 Å². The highest BCUT2D eigenvalue weighted by molar-refractivity contribution is 7.97. The minimum Gasteiger partial charge on any atom is -0.281 e. The summed E-state index contributed by atoms with van der Waals surface area (Å²) in [5.41, 5.74) is 0.578. The summed E-state index contributed by atoms with van der Waals surface area (Å²) in [6, 6.07) is 27.3. The van der Waals surface area contributed by atoms with Crippen LogP contribution in [0.25, 0.3) is 0 Å². The Bertz CT molecular complexity index is 999. The van der Waals surface area contributed by atoms with E-state index in [1.165, 1.54) is 0 Å². The quantitative estimate of drug-likeness (QED) is 0.397. The summed E-state index contributed by atoms with van der Waals surface area (Å²) in [4.78, 5) is 3.30. The summed E-state index contributed by atoms with van der Waals surface area (Å²) in [6.45, 7) is 1.11. The second kappa shape index (κ2) is 8.65. The lowest BCUT2D eigenvalue weighted by Gasteiger charge is -2.20. The smallest absolute Gasteiger partial charge is 0.281 e. The van der Waals surface area contributed by atoms with Gasteiger partial charge in [0.15, 0.2) is 14.7 Å². The van der Waals surface area contributed by atoms with E-state index >= 15 is 0 Å². The van der Waals surface area contributed by atoms with E-state index in [1.54, 1.807) is 12.1 Å². The third-order valence-corrected chi connectivity index (χ3v) is 7.90. The van der Waals surface area contributed by atoms with Crippen LogP contribution < -0.4 is 0 Å². The minimum atomic E-state index is -5.45. The van der Waals surface area contributed by atoms with Gasteiger partial charge in [0.2, 0.25) is 0 Å². The molecule has 152 valence electrons. The average Bonchev–Trinajstić information content (AvgIpc) is 2.70. The first-order chi connectivity index (χ1) is 13.7. The van der Waals surface area contributed by atoms with Crippen LogP contribution in [0.5, 0.6) is 0 Å². The Morgan fingerprint density at radius 3 is 1.66 bits per heavy atom. The molecule has 0 saturated heterocycles. The zero-order chi connectivity index (χ0) is 21.1. The number of benzene rings is 3. The lowest BCUT2D eigenvalue weighted by atomic mass is 10.0. The fourth-order valence-corrected chi connectivity index (χ4v) is 5.68. The van der Waals surface area contributed by atoms with E-state index < -0.39 is 21.3 Å². The molecule has 0 amide bonds. The lowest BCUT2D eigenvalue weighted by Crippen LogP contribution is -2.36. The van der Waals surface area contributed by atoms with Crippen LogP contribution in [0.1, 0.15) is 12.5 Å². The predicted molar refractivity (Wildman–Crippen MR) is 111 cm³/mol. The van der Waals surface area contributed by atoms with Crippen LogP contribution >= 0.6 is 0 Å². The fraction of sp³-hybridized carbons (Fsp3) is 0.182. The maximum atomic E-state index is 13.8. The maximum Gasteiger partial charge on any atom is 0.372 e. The molecule has 0 fully saturated rings. The molecule has 1 unspecified atom stereocenters. The SMILES string of the molecule is CC(Cc1ccc([S+](c2ccccc2)c2ccccc2)cc1)C(F)(F)S(=O)(=O)O. The third-order valence-electron chi connectivity index (χ3n) is 4.58. The summed E-state index contributed by atoms with van der Waals surface area (Å²) < 4.78 is 58.3. The molecule has 3 rings (SSSR count). The van der Waals surface area contributed by atoms with Gasteiger partial charge in [-0.1, -0.05) is 55.5 Å². The van der Waals surface area contributed by atoms with Crippen molar-refractivity contribution in [1.82, 2.24) is 0 Å². The van der Waals surface area contributed by atoms with Crippen LogP contribution in [0.4, 0.5) is 8.78 Å². The molecule has 0 bridgehead atoms. The van der Waals surface area contributed by atoms with Gasteiger partial charge in [-0.15, -0.1) is 0 Å². The number of hydrogen-bond acceptors (Lipinski definition) is 2. The molecular formula is C22H21F2O3S2+. The van der Waals surface area contributed by atoms with Crippen molar-refractivity contribution in [1.29, 1.82) is 0 Å². The first-order valence-corrected chi connectivity index (χ1v) is 11.6. The summed E-state index contributed by atoms with van der Waals surface area (Å²) in [7, 11) is -5.80. The molecule has 0 spiro atoms. The fourth-order valence-electron chi connectivity index (χ4n) is 3.01. The van der Waals surface area contributed by atoms with Gasteiger partial charge in [-0.25, -0.2) is 0 Å². The average molecular weight is 436 g/mol. The Hall–Kier alpha value is -2.22. The van der Waals surface area contributed by atoms with E-state index in [0.717, 1.165) is 21.6 Å². The molecule has 7 heteroatoms. The van der Waals surface area contributed by atoms with Gasteiger partial charge in [0, 0.05) is 5.92 Å². The van der Waals surface area contributed by atoms with Crippen molar-refractivity contribution < 1.29 is 21.8 Å². The number of halogens is 2. The van der Waals surface area contributed by atoms with Crippen molar-refractivity contribution in [2.75, 3.05) is 0 Å². The van der Waals surface area contributed by atoms with Crippen molar-refractivity contribution >= 4 is 21.0 Å². The highest BCUT2D eigenvalue weighted by Gasteiger charge is 2.49. The van der Waals surface area contributed by atoms with Crippen LogP contribution in [0.15, 0.2) is 99.6 Å². The van der Waals surface area contributed by atoms with Gasteiger partial charge in [0.25, 0.3) is 0 Å². The Morgan fingerprint density at radius 2 is 1.24 bits per heavy atom. The van der Waals surface area contributed by atoms with Gasteiger partial charge in [0.1, 0.15) is 0 Å². The largest absolute Gasteiger partial charge is 0.372 e. The van der Waals surface area contributed by atoms with E-state index in [0.29, 0.717) is 5.56 Å². The van der Waals surface area contributed by atoms with Crippen LogP contribution in [0.2, 0.25) is 0 Å². The minimum absolute atomic E-state index is 0.169. The second-order valence-corrected chi connectivity index (χ2v) is 10.2. The highest BCUT2D eigenvalue weighted by atomic mass is 32.2. The summed E-state index contributed by atoms with van der Waals surface area (Å²) >= 11 is 0. The Morgan fingerprint density at radius 1 is 0.828 bits per heavy atom. The molecule has 0 aliphatic rings. The Kier molecular flexibility index (Phi) is 6.41. The molecule has 29 heavy (non-hydrogen) atoms. The molecule has 3 nitrogen and oxygen atoms in total. The van der Waals surface area contributed by atoms with Crippen molar-refractivity contribution in [3.05, 3.63) is 90.5 Å². The second-order valence-electron chi connectivity index (χ2n) is 6.72. The van der Waals surface area contributed by atoms with E-state index in [1.807, 2.05) is 48.5 Å². The predicted octanol–water partition coefficient (Wildman–Crippen LogP) is 5.44. The van der Waals surface area contributed by atoms with Crippen molar-refractivity contribution in [2.45, 2.75) is 33.3 Å². The van der Waals surface area contributed by atoms with Gasteiger partial charge < -0.3 is 0 Å². The molecule has 3 aromatic rings. The van der Waals surface area contributed by atoms with E-state index in [4.69, 9.17) is 4.55 Å². The molecule has 1 atom stereocenters. The molecule has 3 aromatic carbocycles. The van der Waals surface area contributed by atoms with Crippen LogP contribution in [0, 0.1) is 5.92 Å². The molecule has 0 saturated carbocycles. The standard InChI is InChI=1S/C22H20F2O3S2/c1-17(22(23,24)29(25,26)27)16-18-12-14-21(15-13-18)28(19-8-4-2-5-9-19)20-10-6-3-7-11-20/h2-15,17H,16H2,1H3/p+1. The molecule has 0 heterocycles. The summed E-state index contributed by atoms with van der Waals surface area (Å²) in [5, 5.41) is -4.19. The van der Waals surface area contributed by atoms with Gasteiger partial charge in [-0.2, -0.15) is 17.2 Å². The van der Waals surface area contributed by atoms with Crippen molar-refractivity contribution in [3.8, 4) is 0 Å². The van der Waals surface area contributed by atoms with Gasteiger partial charge in [0.05, 0.1) is 10.9 Å². The summed E-state index contributed by atoms with van der Waals surface area (Å²) in [6.07, 6.45) is -0.169. The van der Waals surface area contributed by atoms with Gasteiger partial charge in [-0.3, -0.25) is 4.55 Å². The Balaban J connectivity index is 1.89. The van der Waals surface area contributed by atoms with E-state index in [2.05, 4.69) is 24.3 Å². The lowest BCUT2D eigenvalue weighted by molar-refractivity contribution is 0.0254. The van der Waals surface area contributed by atoms with Crippen molar-refractivity contribution in [3.63, 3.8) is 0 Å². The maximum absolute atomic E-state index is 13.8. The number of alkyl halides is 2. The first kappa shape index (κ1) is 21.5. The number of rotatable bonds is 7. The van der Waals surface area contributed by atoms with Gasteiger partial charge >= 0.3 is 15.4 Å². The monoisotopic (exact) mass is 435 g/mol. The van der Waals surface area contributed by atoms with Crippen molar-refractivity contribution in [2.24, 2.45) is 5.92 Å². The first-order valence-electron chi connectivity index (χ1n) is 8.98. The van der Waals surface area contributed by atoms with Crippen LogP contribution in [0.3, 0.4) is 0 Å². The normalized spacial score (nSPS) is 13.4. The molecular weight excluding hydrogens is 414 g/mol.